The molecule has 0 bridgehead atoms. The number of hydrogen-bond donors (Lipinski definition) is 0. The van der Waals surface area contributed by atoms with Crippen molar-refractivity contribution in [3.8, 4) is 0 Å². The molecule has 6 heteroatoms. The number of nitrogens with zero attached hydrogens (tertiary/aromatic N) is 1. The highest BCUT2D eigenvalue weighted by molar-refractivity contribution is 6.04. The van der Waals surface area contributed by atoms with Crippen molar-refractivity contribution in [1.82, 2.24) is 4.90 Å². The Balaban J connectivity index is 2.36. The second-order valence-corrected chi connectivity index (χ2v) is 5.73. The van der Waals surface area contributed by atoms with Gasteiger partial charge in [0.05, 0.1) is 6.61 Å². The zero-order valence-electron chi connectivity index (χ0n) is 14.5. The van der Waals surface area contributed by atoms with Crippen molar-refractivity contribution >= 4 is 11.8 Å². The van der Waals surface area contributed by atoms with Crippen LogP contribution in [0.15, 0.2) is 60.7 Å². The van der Waals surface area contributed by atoms with Crippen LogP contribution in [0.4, 0.5) is 8.78 Å². The molecule has 0 amide bonds. The van der Waals surface area contributed by atoms with Crippen LogP contribution in [0, 0.1) is 0 Å². The van der Waals surface area contributed by atoms with E-state index in [2.05, 4.69) is 0 Å². The highest BCUT2D eigenvalue weighted by atomic mass is 19.3. The number of Topliss-reactive ketones (excluding diaryl/α,β-unsaturated/α-hetero) is 1. The van der Waals surface area contributed by atoms with E-state index in [4.69, 9.17) is 4.74 Å². The highest BCUT2D eigenvalue weighted by Crippen LogP contribution is 2.17. The van der Waals surface area contributed by atoms with Crippen molar-refractivity contribution in [3.05, 3.63) is 71.8 Å². The van der Waals surface area contributed by atoms with Crippen LogP contribution in [-0.4, -0.2) is 35.7 Å². The first-order valence-corrected chi connectivity index (χ1v) is 8.33. The molecule has 2 aromatic rings. The molecule has 0 saturated heterocycles. The van der Waals surface area contributed by atoms with Crippen LogP contribution in [0.3, 0.4) is 0 Å². The number of hydrogen-bond acceptors (Lipinski definition) is 4. The first-order chi connectivity index (χ1) is 12.5. The molecule has 1 unspecified atom stereocenters. The van der Waals surface area contributed by atoms with Gasteiger partial charge in [0.1, 0.15) is 0 Å². The van der Waals surface area contributed by atoms with Gasteiger partial charge in [-0.25, -0.2) is 13.6 Å². The molecule has 0 aromatic heterocycles. The second-order valence-electron chi connectivity index (χ2n) is 5.73. The Hall–Kier alpha value is -2.60. The summed E-state index contributed by atoms with van der Waals surface area (Å²) in [7, 11) is 0. The lowest BCUT2D eigenvalue weighted by Crippen LogP contribution is -2.49. The van der Waals surface area contributed by atoms with Gasteiger partial charge in [-0.15, -0.1) is 0 Å². The molecular weight excluding hydrogens is 340 g/mol. The minimum atomic E-state index is -3.25. The van der Waals surface area contributed by atoms with Crippen molar-refractivity contribution in [2.24, 2.45) is 0 Å². The minimum absolute atomic E-state index is 0.0103. The third kappa shape index (κ3) is 5.46. The number of alkyl halides is 2. The van der Waals surface area contributed by atoms with Gasteiger partial charge in [-0.1, -0.05) is 60.7 Å². The molecule has 0 saturated carbocycles. The van der Waals surface area contributed by atoms with Gasteiger partial charge in [-0.3, -0.25) is 9.69 Å². The number of ketones is 1. The maximum atomic E-state index is 13.1. The predicted octanol–water partition coefficient (Wildman–Crippen LogP) is 3.45. The minimum Gasteiger partial charge on any atom is -0.464 e. The number of carbonyl (C=O) groups excluding carboxylic acids is 2. The third-order valence-electron chi connectivity index (χ3n) is 3.82. The Morgan fingerprint density at radius 1 is 0.923 bits per heavy atom. The molecule has 26 heavy (non-hydrogen) atoms. The van der Waals surface area contributed by atoms with E-state index >= 15 is 0 Å². The number of ether oxygens (including phenoxy) is 1. The lowest BCUT2D eigenvalue weighted by Gasteiger charge is -2.29. The monoisotopic (exact) mass is 361 g/mol. The number of rotatable bonds is 9. The zero-order valence-corrected chi connectivity index (χ0v) is 14.5. The average Bonchev–Trinajstić information content (AvgIpc) is 2.63. The van der Waals surface area contributed by atoms with Gasteiger partial charge in [-0.2, -0.15) is 0 Å². The van der Waals surface area contributed by atoms with Crippen molar-refractivity contribution in [3.63, 3.8) is 0 Å². The zero-order chi connectivity index (χ0) is 18.9. The van der Waals surface area contributed by atoms with Crippen LogP contribution in [0.5, 0.6) is 0 Å². The van der Waals surface area contributed by atoms with E-state index < -0.39 is 24.2 Å². The first-order valence-electron chi connectivity index (χ1n) is 8.33. The molecular formula is C20H21F2NO3. The normalized spacial score (nSPS) is 12.2. The Bertz CT molecular complexity index is 666. The predicted molar refractivity (Wildman–Crippen MR) is 93.6 cm³/mol. The molecule has 2 aromatic carbocycles. The van der Waals surface area contributed by atoms with Crippen LogP contribution in [0.1, 0.15) is 18.1 Å². The van der Waals surface area contributed by atoms with Gasteiger partial charge >= 0.3 is 5.97 Å². The van der Waals surface area contributed by atoms with E-state index in [-0.39, 0.29) is 19.7 Å². The van der Waals surface area contributed by atoms with Crippen molar-refractivity contribution in [1.29, 1.82) is 0 Å². The quantitative estimate of drug-likeness (QED) is 0.507. The van der Waals surface area contributed by atoms with E-state index in [1.807, 2.05) is 60.7 Å². The molecule has 0 heterocycles. The van der Waals surface area contributed by atoms with Gasteiger partial charge in [0.15, 0.2) is 6.04 Å². The molecule has 4 nitrogen and oxygen atoms in total. The Labute approximate surface area is 151 Å². The number of carbonyl (C=O) groups is 2. The molecule has 0 fully saturated rings. The lowest BCUT2D eigenvalue weighted by molar-refractivity contribution is -0.157. The molecule has 0 N–H and O–H groups in total. The summed E-state index contributed by atoms with van der Waals surface area (Å²) in [6.45, 7) is 1.91. The Kier molecular flexibility index (Phi) is 7.41. The summed E-state index contributed by atoms with van der Waals surface area (Å²) in [5.41, 5.74) is 1.61. The van der Waals surface area contributed by atoms with Gasteiger partial charge in [0.2, 0.25) is 5.78 Å². The molecule has 138 valence electrons. The van der Waals surface area contributed by atoms with E-state index in [0.717, 1.165) is 11.1 Å². The molecule has 0 spiro atoms. The number of esters is 1. The summed E-state index contributed by atoms with van der Waals surface area (Å²) in [6, 6.07) is 16.5. The summed E-state index contributed by atoms with van der Waals surface area (Å²) in [5.74, 6) is -2.40. The Morgan fingerprint density at radius 3 is 1.77 bits per heavy atom. The molecule has 2 rings (SSSR count). The van der Waals surface area contributed by atoms with Crippen LogP contribution in [0.2, 0.25) is 0 Å². The SMILES string of the molecule is CCOC(=O)C(C(=O)C(F)F)N(Cc1ccccc1)Cc1ccccc1. The topological polar surface area (TPSA) is 46.6 Å². The fourth-order valence-electron chi connectivity index (χ4n) is 2.66. The van der Waals surface area contributed by atoms with Crippen molar-refractivity contribution in [2.75, 3.05) is 6.61 Å². The van der Waals surface area contributed by atoms with Crippen LogP contribution in [0.25, 0.3) is 0 Å². The first kappa shape index (κ1) is 19.7. The summed E-state index contributed by atoms with van der Waals surface area (Å²) in [4.78, 5) is 25.8. The fourth-order valence-corrected chi connectivity index (χ4v) is 2.66. The van der Waals surface area contributed by atoms with Crippen LogP contribution < -0.4 is 0 Å². The number of benzene rings is 2. The molecule has 0 aliphatic heterocycles. The summed E-state index contributed by atoms with van der Waals surface area (Å²) >= 11 is 0. The third-order valence-corrected chi connectivity index (χ3v) is 3.82. The summed E-state index contributed by atoms with van der Waals surface area (Å²) in [5, 5.41) is 0. The largest absolute Gasteiger partial charge is 0.464 e. The molecule has 0 aliphatic rings. The molecule has 0 radical (unpaired) electrons. The van der Waals surface area contributed by atoms with Crippen molar-refractivity contribution in [2.45, 2.75) is 32.5 Å². The van der Waals surface area contributed by atoms with Gasteiger partial charge in [-0.05, 0) is 18.1 Å². The maximum absolute atomic E-state index is 13.1. The van der Waals surface area contributed by atoms with Crippen LogP contribution >= 0.6 is 0 Å². The second kappa shape index (κ2) is 9.77. The van der Waals surface area contributed by atoms with E-state index in [1.54, 1.807) is 6.92 Å². The van der Waals surface area contributed by atoms with E-state index in [0.29, 0.717) is 0 Å². The van der Waals surface area contributed by atoms with E-state index in [9.17, 15) is 18.4 Å². The average molecular weight is 361 g/mol. The van der Waals surface area contributed by atoms with Gasteiger partial charge in [0.25, 0.3) is 6.43 Å². The Morgan fingerprint density at radius 2 is 1.38 bits per heavy atom. The summed E-state index contributed by atoms with van der Waals surface area (Å²) < 4.78 is 31.2. The van der Waals surface area contributed by atoms with Crippen LogP contribution in [-0.2, 0) is 27.4 Å². The van der Waals surface area contributed by atoms with Gasteiger partial charge in [0, 0.05) is 13.1 Å². The summed E-state index contributed by atoms with van der Waals surface area (Å²) in [6.07, 6.45) is -3.25. The highest BCUT2D eigenvalue weighted by Gasteiger charge is 2.38. The van der Waals surface area contributed by atoms with Gasteiger partial charge < -0.3 is 4.74 Å². The maximum Gasteiger partial charge on any atom is 0.331 e. The molecule has 1 atom stereocenters. The van der Waals surface area contributed by atoms with Crippen molar-refractivity contribution < 1.29 is 23.1 Å². The number of halogens is 2. The van der Waals surface area contributed by atoms with E-state index in [1.165, 1.54) is 4.90 Å². The standard InChI is InChI=1S/C20H21F2NO3/c1-2-26-20(25)17(18(24)19(21)22)23(13-15-9-5-3-6-10-15)14-16-11-7-4-8-12-16/h3-12,17,19H,2,13-14H2,1H3. The fraction of sp³-hybridized carbons (Fsp3) is 0.300. The lowest BCUT2D eigenvalue weighted by atomic mass is 10.1. The smallest absolute Gasteiger partial charge is 0.331 e. The molecule has 0 aliphatic carbocycles.